The Morgan fingerprint density at radius 1 is 1.43 bits per heavy atom. The topological polar surface area (TPSA) is 82.1 Å². The van der Waals surface area contributed by atoms with Crippen LogP contribution >= 0.6 is 0 Å². The SMILES string of the molecule is N/C(=N\O)N1CCC(CCCO)CC1. The molecule has 0 radical (unpaired) electrons. The first kappa shape index (κ1) is 11.1. The lowest BCUT2D eigenvalue weighted by Crippen LogP contribution is -2.42. The van der Waals surface area contributed by atoms with Crippen molar-refractivity contribution in [1.29, 1.82) is 0 Å². The van der Waals surface area contributed by atoms with E-state index in [0.717, 1.165) is 38.8 Å². The Bertz CT molecular complexity index is 188. The summed E-state index contributed by atoms with van der Waals surface area (Å²) < 4.78 is 0. The van der Waals surface area contributed by atoms with E-state index in [9.17, 15) is 0 Å². The first-order valence-corrected chi connectivity index (χ1v) is 5.11. The van der Waals surface area contributed by atoms with Crippen LogP contribution in [0.2, 0.25) is 0 Å². The maximum atomic E-state index is 8.69. The summed E-state index contributed by atoms with van der Waals surface area (Å²) in [5.74, 6) is 0.899. The fourth-order valence-electron chi connectivity index (χ4n) is 1.89. The van der Waals surface area contributed by atoms with Gasteiger partial charge in [-0.3, -0.25) is 0 Å². The van der Waals surface area contributed by atoms with Gasteiger partial charge in [-0.2, -0.15) is 0 Å². The number of likely N-dealkylation sites (tertiary alicyclic amines) is 1. The summed E-state index contributed by atoms with van der Waals surface area (Å²) >= 11 is 0. The average Bonchev–Trinajstić information content (AvgIpc) is 2.26. The molecule has 0 saturated carbocycles. The second-order valence-corrected chi connectivity index (χ2v) is 3.75. The molecule has 0 atom stereocenters. The van der Waals surface area contributed by atoms with E-state index in [1.54, 1.807) is 0 Å². The maximum Gasteiger partial charge on any atom is 0.233 e. The van der Waals surface area contributed by atoms with Gasteiger partial charge in [-0.25, -0.2) is 0 Å². The third-order valence-corrected chi connectivity index (χ3v) is 2.81. The molecule has 0 aromatic carbocycles. The van der Waals surface area contributed by atoms with Crippen LogP contribution in [0.4, 0.5) is 0 Å². The van der Waals surface area contributed by atoms with Crippen LogP contribution < -0.4 is 5.73 Å². The van der Waals surface area contributed by atoms with Crippen molar-refractivity contribution in [1.82, 2.24) is 4.90 Å². The van der Waals surface area contributed by atoms with Gasteiger partial charge in [0.25, 0.3) is 0 Å². The molecule has 1 rings (SSSR count). The summed E-state index contributed by atoms with van der Waals surface area (Å²) in [5, 5.41) is 20.2. The summed E-state index contributed by atoms with van der Waals surface area (Å²) in [6.45, 7) is 1.98. The van der Waals surface area contributed by atoms with Crippen LogP contribution in [0.25, 0.3) is 0 Å². The summed E-state index contributed by atoms with van der Waals surface area (Å²) in [5.41, 5.74) is 5.48. The van der Waals surface area contributed by atoms with Crippen molar-refractivity contribution in [3.63, 3.8) is 0 Å². The molecule has 82 valence electrons. The number of hydrogen-bond donors (Lipinski definition) is 3. The molecule has 1 fully saturated rings. The highest BCUT2D eigenvalue weighted by Gasteiger charge is 2.19. The van der Waals surface area contributed by atoms with E-state index in [0.29, 0.717) is 5.92 Å². The number of aliphatic hydroxyl groups is 1. The highest BCUT2D eigenvalue weighted by molar-refractivity contribution is 5.77. The quantitative estimate of drug-likeness (QED) is 0.263. The van der Waals surface area contributed by atoms with Crippen LogP contribution in [-0.4, -0.2) is 40.9 Å². The van der Waals surface area contributed by atoms with Gasteiger partial charge in [0.15, 0.2) is 0 Å². The largest absolute Gasteiger partial charge is 0.408 e. The van der Waals surface area contributed by atoms with Crippen molar-refractivity contribution in [3.8, 4) is 0 Å². The van der Waals surface area contributed by atoms with E-state index < -0.39 is 0 Å². The first-order chi connectivity index (χ1) is 6.77. The monoisotopic (exact) mass is 201 g/mol. The molecule has 5 heteroatoms. The average molecular weight is 201 g/mol. The number of guanidine groups is 1. The third kappa shape index (κ3) is 3.06. The Balaban J connectivity index is 2.24. The minimum Gasteiger partial charge on any atom is -0.408 e. The van der Waals surface area contributed by atoms with E-state index in [1.165, 1.54) is 0 Å². The second-order valence-electron chi connectivity index (χ2n) is 3.75. The van der Waals surface area contributed by atoms with Crippen molar-refractivity contribution < 1.29 is 10.3 Å². The molecule has 1 aliphatic heterocycles. The minimum atomic E-state index is 0.214. The molecule has 0 aliphatic carbocycles. The fourth-order valence-corrected chi connectivity index (χ4v) is 1.89. The number of rotatable bonds is 3. The van der Waals surface area contributed by atoms with Crippen LogP contribution in [0.3, 0.4) is 0 Å². The molecule has 4 N–H and O–H groups in total. The van der Waals surface area contributed by atoms with E-state index in [4.69, 9.17) is 16.0 Å². The molecule has 5 nitrogen and oxygen atoms in total. The lowest BCUT2D eigenvalue weighted by molar-refractivity contribution is 0.217. The number of piperidine rings is 1. The first-order valence-electron chi connectivity index (χ1n) is 5.11. The van der Waals surface area contributed by atoms with Gasteiger partial charge >= 0.3 is 0 Å². The predicted molar refractivity (Wildman–Crippen MR) is 54.0 cm³/mol. The Morgan fingerprint density at radius 3 is 2.57 bits per heavy atom. The number of nitrogens with two attached hydrogens (primary N) is 1. The van der Waals surface area contributed by atoms with Crippen molar-refractivity contribution in [2.75, 3.05) is 19.7 Å². The molecular formula is C9H19N3O2. The molecule has 0 aromatic rings. The lowest BCUT2D eigenvalue weighted by atomic mass is 9.92. The van der Waals surface area contributed by atoms with E-state index >= 15 is 0 Å². The van der Waals surface area contributed by atoms with Gasteiger partial charge < -0.3 is 20.9 Å². The summed E-state index contributed by atoms with van der Waals surface area (Å²) in [7, 11) is 0. The zero-order chi connectivity index (χ0) is 10.4. The molecule has 1 heterocycles. The standard InChI is InChI=1S/C9H19N3O2/c10-9(11-14)12-5-3-8(4-6-12)2-1-7-13/h8,13-14H,1-7H2,(H2,10,11). The van der Waals surface area contributed by atoms with Crippen molar-refractivity contribution in [2.24, 2.45) is 16.8 Å². The minimum absolute atomic E-state index is 0.214. The number of nitrogens with zero attached hydrogens (tertiary/aromatic N) is 2. The summed E-state index contributed by atoms with van der Waals surface area (Å²) in [4.78, 5) is 1.88. The normalized spacial score (nSPS) is 20.1. The fraction of sp³-hybridized carbons (Fsp3) is 0.889. The Kier molecular flexibility index (Phi) is 4.52. The molecule has 0 spiro atoms. The third-order valence-electron chi connectivity index (χ3n) is 2.81. The molecule has 1 aliphatic rings. The zero-order valence-corrected chi connectivity index (χ0v) is 8.39. The Hall–Kier alpha value is -0.970. The van der Waals surface area contributed by atoms with Crippen LogP contribution in [0.15, 0.2) is 5.16 Å². The highest BCUT2D eigenvalue weighted by atomic mass is 16.4. The number of oxime groups is 1. The van der Waals surface area contributed by atoms with Crippen molar-refractivity contribution >= 4 is 5.96 Å². The van der Waals surface area contributed by atoms with Gasteiger partial charge in [-0.15, -0.1) is 0 Å². The van der Waals surface area contributed by atoms with E-state index in [-0.39, 0.29) is 12.6 Å². The van der Waals surface area contributed by atoms with Crippen molar-refractivity contribution in [2.45, 2.75) is 25.7 Å². The predicted octanol–water partition coefficient (Wildman–Crippen LogP) is 0.175. The number of aliphatic hydroxyl groups excluding tert-OH is 1. The Labute approximate surface area is 84.2 Å². The van der Waals surface area contributed by atoms with Gasteiger partial charge in [0.05, 0.1) is 0 Å². The van der Waals surface area contributed by atoms with E-state index in [1.807, 2.05) is 4.90 Å². The van der Waals surface area contributed by atoms with Gasteiger partial charge in [-0.05, 0) is 31.6 Å². The van der Waals surface area contributed by atoms with Gasteiger partial charge in [-0.1, -0.05) is 5.16 Å². The molecule has 1 saturated heterocycles. The lowest BCUT2D eigenvalue weighted by Gasteiger charge is -2.31. The smallest absolute Gasteiger partial charge is 0.233 e. The maximum absolute atomic E-state index is 8.69. The van der Waals surface area contributed by atoms with Crippen LogP contribution in [0.1, 0.15) is 25.7 Å². The van der Waals surface area contributed by atoms with Gasteiger partial charge in [0.1, 0.15) is 0 Å². The number of hydrogen-bond acceptors (Lipinski definition) is 3. The molecule has 0 unspecified atom stereocenters. The summed E-state index contributed by atoms with van der Waals surface area (Å²) in [6, 6.07) is 0. The molecule has 0 bridgehead atoms. The van der Waals surface area contributed by atoms with Crippen molar-refractivity contribution in [3.05, 3.63) is 0 Å². The summed E-state index contributed by atoms with van der Waals surface area (Å²) in [6.07, 6.45) is 4.10. The second kappa shape index (κ2) is 5.70. The van der Waals surface area contributed by atoms with Gasteiger partial charge in [0.2, 0.25) is 5.96 Å². The van der Waals surface area contributed by atoms with Crippen LogP contribution in [0, 0.1) is 5.92 Å². The molecule has 0 amide bonds. The zero-order valence-electron chi connectivity index (χ0n) is 8.39. The molecular weight excluding hydrogens is 182 g/mol. The molecule has 14 heavy (non-hydrogen) atoms. The Morgan fingerprint density at radius 2 is 2.07 bits per heavy atom. The van der Waals surface area contributed by atoms with Crippen LogP contribution in [0.5, 0.6) is 0 Å². The molecule has 0 aromatic heterocycles. The highest BCUT2D eigenvalue weighted by Crippen LogP contribution is 2.21. The van der Waals surface area contributed by atoms with Crippen LogP contribution in [-0.2, 0) is 0 Å². The van der Waals surface area contributed by atoms with Gasteiger partial charge in [0, 0.05) is 19.7 Å². The van der Waals surface area contributed by atoms with E-state index in [2.05, 4.69) is 5.16 Å².